The molecule has 0 bridgehead atoms. The van der Waals surface area contributed by atoms with E-state index in [-0.39, 0.29) is 13.0 Å². The molecular weight excluding hydrogens is 279 g/mol. The van der Waals surface area contributed by atoms with Gasteiger partial charge in [-0.3, -0.25) is 4.79 Å². The van der Waals surface area contributed by atoms with Crippen molar-refractivity contribution >= 4 is 35.1 Å². The fourth-order valence-electron chi connectivity index (χ4n) is 1.63. The van der Waals surface area contributed by atoms with E-state index in [2.05, 4.69) is 0 Å². The smallest absolute Gasteiger partial charge is 0.347 e. The Kier molecular flexibility index (Phi) is 4.09. The summed E-state index contributed by atoms with van der Waals surface area (Å²) in [6, 6.07) is 4.97. The molecule has 0 saturated carbocycles. The van der Waals surface area contributed by atoms with Gasteiger partial charge in [-0.2, -0.15) is 0 Å². The predicted octanol–water partition coefficient (Wildman–Crippen LogP) is 2.39. The van der Waals surface area contributed by atoms with Crippen molar-refractivity contribution in [2.24, 2.45) is 0 Å². The maximum Gasteiger partial charge on any atom is 0.347 e. The van der Waals surface area contributed by atoms with Gasteiger partial charge in [-0.25, -0.2) is 4.79 Å². The SMILES string of the molecule is O=C(Cc1c(Cl)cccc1Cl)OC1CCOC1=O. The Morgan fingerprint density at radius 2 is 2.06 bits per heavy atom. The largest absolute Gasteiger partial charge is 0.463 e. The van der Waals surface area contributed by atoms with Crippen LogP contribution in [-0.2, 0) is 25.5 Å². The van der Waals surface area contributed by atoms with Crippen LogP contribution in [0.2, 0.25) is 10.0 Å². The Balaban J connectivity index is 2.01. The Morgan fingerprint density at radius 3 is 2.61 bits per heavy atom. The van der Waals surface area contributed by atoms with Gasteiger partial charge in [-0.05, 0) is 12.1 Å². The van der Waals surface area contributed by atoms with Crippen LogP contribution >= 0.6 is 23.2 Å². The highest BCUT2D eigenvalue weighted by Gasteiger charge is 2.30. The standard InChI is InChI=1S/C12H10Cl2O4/c13-8-2-1-3-9(14)7(8)6-11(15)18-10-4-5-17-12(10)16/h1-3,10H,4-6H2. The van der Waals surface area contributed by atoms with Gasteiger partial charge in [0, 0.05) is 22.0 Å². The highest BCUT2D eigenvalue weighted by molar-refractivity contribution is 6.36. The van der Waals surface area contributed by atoms with Crippen LogP contribution in [-0.4, -0.2) is 24.6 Å². The summed E-state index contributed by atoms with van der Waals surface area (Å²) in [5.74, 6) is -1.05. The molecule has 4 nitrogen and oxygen atoms in total. The summed E-state index contributed by atoms with van der Waals surface area (Å²) in [5.41, 5.74) is 0.497. The zero-order valence-electron chi connectivity index (χ0n) is 9.32. The molecule has 0 spiro atoms. The molecule has 96 valence electrons. The van der Waals surface area contributed by atoms with Gasteiger partial charge in [0.15, 0.2) is 0 Å². The summed E-state index contributed by atoms with van der Waals surface area (Å²) in [5, 5.41) is 0.793. The van der Waals surface area contributed by atoms with Crippen molar-refractivity contribution in [3.8, 4) is 0 Å². The van der Waals surface area contributed by atoms with Gasteiger partial charge in [0.1, 0.15) is 0 Å². The second-order valence-corrected chi connectivity index (χ2v) is 4.63. The van der Waals surface area contributed by atoms with Crippen molar-refractivity contribution in [2.75, 3.05) is 6.61 Å². The molecule has 1 saturated heterocycles. The van der Waals surface area contributed by atoms with Gasteiger partial charge in [0.2, 0.25) is 6.10 Å². The van der Waals surface area contributed by atoms with Crippen molar-refractivity contribution in [1.29, 1.82) is 0 Å². The molecule has 1 aromatic rings. The second kappa shape index (κ2) is 5.59. The number of hydrogen-bond acceptors (Lipinski definition) is 4. The van der Waals surface area contributed by atoms with Crippen molar-refractivity contribution in [1.82, 2.24) is 0 Å². The predicted molar refractivity (Wildman–Crippen MR) is 65.6 cm³/mol. The Morgan fingerprint density at radius 1 is 1.39 bits per heavy atom. The number of esters is 2. The minimum absolute atomic E-state index is 0.0672. The Bertz CT molecular complexity index is 467. The molecule has 1 atom stereocenters. The van der Waals surface area contributed by atoms with Crippen LogP contribution in [0.15, 0.2) is 18.2 Å². The van der Waals surface area contributed by atoms with Crippen LogP contribution in [0.25, 0.3) is 0 Å². The highest BCUT2D eigenvalue weighted by Crippen LogP contribution is 2.25. The summed E-state index contributed by atoms with van der Waals surface area (Å²) in [6.45, 7) is 0.281. The lowest BCUT2D eigenvalue weighted by Crippen LogP contribution is -2.23. The average Bonchev–Trinajstić information content (AvgIpc) is 2.70. The first-order chi connectivity index (χ1) is 8.58. The molecule has 2 rings (SSSR count). The van der Waals surface area contributed by atoms with Crippen LogP contribution in [0, 0.1) is 0 Å². The van der Waals surface area contributed by atoms with E-state index in [1.165, 1.54) is 0 Å². The van der Waals surface area contributed by atoms with E-state index >= 15 is 0 Å². The summed E-state index contributed by atoms with van der Waals surface area (Å²) in [6.07, 6.45) is -0.484. The first kappa shape index (κ1) is 13.2. The third kappa shape index (κ3) is 2.94. The van der Waals surface area contributed by atoms with Crippen molar-refractivity contribution in [3.63, 3.8) is 0 Å². The van der Waals surface area contributed by atoms with E-state index in [9.17, 15) is 9.59 Å². The second-order valence-electron chi connectivity index (χ2n) is 3.81. The van der Waals surface area contributed by atoms with E-state index in [4.69, 9.17) is 32.7 Å². The fraction of sp³-hybridized carbons (Fsp3) is 0.333. The number of carbonyl (C=O) groups excluding carboxylic acids is 2. The number of benzene rings is 1. The number of carbonyl (C=O) groups is 2. The summed E-state index contributed by atoms with van der Waals surface area (Å²) in [4.78, 5) is 22.8. The van der Waals surface area contributed by atoms with Crippen LogP contribution < -0.4 is 0 Å². The fourth-order valence-corrected chi connectivity index (χ4v) is 2.16. The van der Waals surface area contributed by atoms with Gasteiger partial charge < -0.3 is 9.47 Å². The molecule has 0 aromatic heterocycles. The molecule has 1 aliphatic rings. The lowest BCUT2D eigenvalue weighted by molar-refractivity contribution is -0.159. The van der Waals surface area contributed by atoms with Crippen LogP contribution in [0.5, 0.6) is 0 Å². The maximum absolute atomic E-state index is 11.7. The lowest BCUT2D eigenvalue weighted by Gasteiger charge is -2.10. The summed E-state index contributed by atoms with van der Waals surface area (Å²) < 4.78 is 9.70. The van der Waals surface area contributed by atoms with Crippen LogP contribution in [0.1, 0.15) is 12.0 Å². The van der Waals surface area contributed by atoms with Gasteiger partial charge >= 0.3 is 11.9 Å². The zero-order valence-corrected chi connectivity index (χ0v) is 10.8. The number of hydrogen-bond donors (Lipinski definition) is 0. The van der Waals surface area contributed by atoms with Gasteiger partial charge in [-0.1, -0.05) is 29.3 Å². The molecular formula is C12H10Cl2O4. The number of ether oxygens (including phenoxy) is 2. The third-order valence-electron chi connectivity index (χ3n) is 2.54. The van der Waals surface area contributed by atoms with Crippen LogP contribution in [0.3, 0.4) is 0 Å². The first-order valence-corrected chi connectivity index (χ1v) is 6.12. The number of cyclic esters (lactones) is 1. The van der Waals surface area contributed by atoms with E-state index in [0.717, 1.165) is 0 Å². The summed E-state index contributed by atoms with van der Waals surface area (Å²) in [7, 11) is 0. The normalized spacial score (nSPS) is 18.6. The molecule has 1 fully saturated rings. The van der Waals surface area contributed by atoms with Gasteiger partial charge in [0.05, 0.1) is 13.0 Å². The van der Waals surface area contributed by atoms with E-state index in [0.29, 0.717) is 22.0 Å². The van der Waals surface area contributed by atoms with E-state index in [1.54, 1.807) is 18.2 Å². The zero-order chi connectivity index (χ0) is 13.1. The van der Waals surface area contributed by atoms with Crippen LogP contribution in [0.4, 0.5) is 0 Å². The molecule has 0 N–H and O–H groups in total. The van der Waals surface area contributed by atoms with Crippen molar-refractivity contribution < 1.29 is 19.1 Å². The molecule has 1 heterocycles. The third-order valence-corrected chi connectivity index (χ3v) is 3.25. The number of halogens is 2. The van der Waals surface area contributed by atoms with Crippen molar-refractivity contribution in [2.45, 2.75) is 18.9 Å². The Labute approximate surface area is 114 Å². The topological polar surface area (TPSA) is 52.6 Å². The molecule has 0 amide bonds. The minimum Gasteiger partial charge on any atom is -0.463 e. The Hall–Kier alpha value is -1.26. The highest BCUT2D eigenvalue weighted by atomic mass is 35.5. The lowest BCUT2D eigenvalue weighted by atomic mass is 10.1. The van der Waals surface area contributed by atoms with Crippen molar-refractivity contribution in [3.05, 3.63) is 33.8 Å². The molecule has 1 unspecified atom stereocenters. The van der Waals surface area contributed by atoms with E-state index in [1.807, 2.05) is 0 Å². The average molecular weight is 289 g/mol. The molecule has 0 aliphatic carbocycles. The monoisotopic (exact) mass is 288 g/mol. The summed E-state index contributed by atoms with van der Waals surface area (Å²) >= 11 is 11.9. The molecule has 1 aromatic carbocycles. The van der Waals surface area contributed by atoms with E-state index < -0.39 is 18.0 Å². The molecule has 6 heteroatoms. The minimum atomic E-state index is -0.807. The number of rotatable bonds is 3. The maximum atomic E-state index is 11.7. The quantitative estimate of drug-likeness (QED) is 0.802. The molecule has 0 radical (unpaired) electrons. The first-order valence-electron chi connectivity index (χ1n) is 5.37. The molecule has 18 heavy (non-hydrogen) atoms. The van der Waals surface area contributed by atoms with Gasteiger partial charge in [0.25, 0.3) is 0 Å². The molecule has 1 aliphatic heterocycles. The van der Waals surface area contributed by atoms with Gasteiger partial charge in [-0.15, -0.1) is 0 Å².